The van der Waals surface area contributed by atoms with Crippen LogP contribution in [0.15, 0.2) is 66.0 Å². The van der Waals surface area contributed by atoms with Crippen molar-refractivity contribution in [2.75, 3.05) is 19.7 Å². The summed E-state index contributed by atoms with van der Waals surface area (Å²) >= 11 is 1.66. The van der Waals surface area contributed by atoms with Gasteiger partial charge in [-0.15, -0.1) is 11.3 Å². The van der Waals surface area contributed by atoms with Gasteiger partial charge in [-0.05, 0) is 40.3 Å². The smallest absolute Gasteiger partial charge is 0.251 e. The van der Waals surface area contributed by atoms with Crippen molar-refractivity contribution < 1.29 is 18.7 Å². The number of hydrogen-bond donors (Lipinski definition) is 1. The number of amides is 2. The van der Waals surface area contributed by atoms with E-state index < -0.39 is 11.5 Å². The molecule has 160 valence electrons. The lowest BCUT2D eigenvalue weighted by atomic mass is 9.91. The third-order valence-electron chi connectivity index (χ3n) is 5.51. The molecule has 3 aromatic rings. The Bertz CT molecular complexity index is 1050. The summed E-state index contributed by atoms with van der Waals surface area (Å²) in [4.78, 5) is 28.0. The molecule has 1 atom stereocenters. The average Bonchev–Trinajstić information content (AvgIpc) is 3.31. The van der Waals surface area contributed by atoms with Crippen molar-refractivity contribution in [1.82, 2.24) is 4.90 Å². The minimum atomic E-state index is -1.28. The zero-order valence-electron chi connectivity index (χ0n) is 16.9. The Morgan fingerprint density at radius 3 is 2.42 bits per heavy atom. The molecule has 1 aromatic heterocycles. The highest BCUT2D eigenvalue weighted by Crippen LogP contribution is 2.28. The zero-order chi connectivity index (χ0) is 21.8. The van der Waals surface area contributed by atoms with Crippen molar-refractivity contribution in [3.8, 4) is 10.4 Å². The lowest BCUT2D eigenvalue weighted by molar-refractivity contribution is -0.163. The van der Waals surface area contributed by atoms with Gasteiger partial charge in [0.05, 0.1) is 19.6 Å². The number of carbonyl (C=O) groups is 2. The van der Waals surface area contributed by atoms with Crippen LogP contribution >= 0.6 is 11.3 Å². The van der Waals surface area contributed by atoms with Gasteiger partial charge in [-0.1, -0.05) is 42.5 Å². The van der Waals surface area contributed by atoms with Gasteiger partial charge in [-0.2, -0.15) is 0 Å². The van der Waals surface area contributed by atoms with Crippen LogP contribution in [0.2, 0.25) is 0 Å². The van der Waals surface area contributed by atoms with Crippen LogP contribution in [0.3, 0.4) is 0 Å². The quantitative estimate of drug-likeness (QED) is 0.641. The highest BCUT2D eigenvalue weighted by atomic mass is 32.1. The van der Waals surface area contributed by atoms with Gasteiger partial charge < -0.3 is 15.4 Å². The van der Waals surface area contributed by atoms with E-state index in [1.54, 1.807) is 28.4 Å². The highest BCUT2D eigenvalue weighted by molar-refractivity contribution is 7.13. The monoisotopic (exact) mass is 438 g/mol. The van der Waals surface area contributed by atoms with Gasteiger partial charge in [0.2, 0.25) is 5.91 Å². The molecule has 1 unspecified atom stereocenters. The van der Waals surface area contributed by atoms with E-state index in [4.69, 9.17) is 10.5 Å². The summed E-state index contributed by atoms with van der Waals surface area (Å²) in [6, 6.07) is 17.8. The lowest BCUT2D eigenvalue weighted by Crippen LogP contribution is -2.61. The third-order valence-corrected chi connectivity index (χ3v) is 6.42. The molecule has 2 heterocycles. The predicted octanol–water partition coefficient (Wildman–Crippen LogP) is 3.42. The third kappa shape index (κ3) is 4.84. The SMILES string of the molecule is NC(=O)C1(Cc2ccc(-c3cccs3)cc2)CN(C(=O)Cc2ccc(F)cc2)CCO1. The summed E-state index contributed by atoms with van der Waals surface area (Å²) in [5, 5.41) is 2.03. The van der Waals surface area contributed by atoms with E-state index in [0.29, 0.717) is 12.1 Å². The van der Waals surface area contributed by atoms with E-state index in [0.717, 1.165) is 11.1 Å². The number of ether oxygens (including phenoxy) is 1. The van der Waals surface area contributed by atoms with Gasteiger partial charge >= 0.3 is 0 Å². The number of rotatable bonds is 6. The standard InChI is InChI=1S/C24H23FN2O3S/c25-20-9-5-17(6-10-20)14-22(28)27-11-12-30-24(16-27,23(26)29)15-18-3-7-19(8-4-18)21-2-1-13-31-21/h1-10,13H,11-12,14-16H2,(H2,26,29). The molecule has 5 nitrogen and oxygen atoms in total. The fourth-order valence-corrected chi connectivity index (χ4v) is 4.52. The van der Waals surface area contributed by atoms with E-state index in [9.17, 15) is 14.0 Å². The van der Waals surface area contributed by atoms with Crippen LogP contribution in [-0.2, 0) is 27.2 Å². The van der Waals surface area contributed by atoms with Gasteiger partial charge in [-0.3, -0.25) is 9.59 Å². The molecule has 0 bridgehead atoms. The molecule has 1 aliphatic rings. The van der Waals surface area contributed by atoms with E-state index in [1.807, 2.05) is 35.7 Å². The maximum Gasteiger partial charge on any atom is 0.251 e. The van der Waals surface area contributed by atoms with Crippen molar-refractivity contribution in [3.05, 3.63) is 83.0 Å². The van der Waals surface area contributed by atoms with E-state index in [-0.39, 0.29) is 37.7 Å². The molecule has 2 aromatic carbocycles. The molecule has 2 amide bonds. The summed E-state index contributed by atoms with van der Waals surface area (Å²) in [6.45, 7) is 0.701. The Labute approximate surface area is 184 Å². The number of nitrogens with zero attached hydrogens (tertiary/aromatic N) is 1. The Hall–Kier alpha value is -3.03. The number of benzene rings is 2. The first kappa shape index (κ1) is 21.2. The van der Waals surface area contributed by atoms with Gasteiger partial charge in [-0.25, -0.2) is 4.39 Å². The van der Waals surface area contributed by atoms with Gasteiger partial charge in [0.25, 0.3) is 5.91 Å². The fraction of sp³-hybridized carbons (Fsp3) is 0.250. The first-order chi connectivity index (χ1) is 14.9. The molecule has 0 saturated carbocycles. The molecule has 31 heavy (non-hydrogen) atoms. The minimum Gasteiger partial charge on any atom is -0.367 e. The molecule has 4 rings (SSSR count). The Kier molecular flexibility index (Phi) is 6.15. The van der Waals surface area contributed by atoms with Crippen molar-refractivity contribution >= 4 is 23.2 Å². The maximum absolute atomic E-state index is 13.1. The molecule has 7 heteroatoms. The zero-order valence-corrected chi connectivity index (χ0v) is 17.7. The van der Waals surface area contributed by atoms with Gasteiger partial charge in [0.15, 0.2) is 5.60 Å². The second kappa shape index (κ2) is 8.99. The summed E-state index contributed by atoms with van der Waals surface area (Å²) in [5.41, 5.74) is 7.20. The Balaban J connectivity index is 1.48. The van der Waals surface area contributed by atoms with Gasteiger partial charge in [0, 0.05) is 17.8 Å². The molecule has 1 fully saturated rings. The van der Waals surface area contributed by atoms with Crippen LogP contribution in [0, 0.1) is 5.82 Å². The van der Waals surface area contributed by atoms with Crippen molar-refractivity contribution in [2.24, 2.45) is 5.73 Å². The minimum absolute atomic E-state index is 0.0923. The van der Waals surface area contributed by atoms with Gasteiger partial charge in [0.1, 0.15) is 5.82 Å². The number of primary amides is 1. The van der Waals surface area contributed by atoms with Crippen LogP contribution < -0.4 is 5.73 Å². The molecule has 2 N–H and O–H groups in total. The number of morpholine rings is 1. The van der Waals surface area contributed by atoms with E-state index >= 15 is 0 Å². The normalized spacial score (nSPS) is 18.7. The molecule has 1 aliphatic heterocycles. The van der Waals surface area contributed by atoms with E-state index in [1.165, 1.54) is 17.0 Å². The summed E-state index contributed by atoms with van der Waals surface area (Å²) in [7, 11) is 0. The van der Waals surface area contributed by atoms with Crippen molar-refractivity contribution in [1.29, 1.82) is 0 Å². The summed E-state index contributed by atoms with van der Waals surface area (Å²) in [5.74, 6) is -1.08. The number of halogens is 1. The van der Waals surface area contributed by atoms with Crippen LogP contribution in [-0.4, -0.2) is 42.0 Å². The lowest BCUT2D eigenvalue weighted by Gasteiger charge is -2.41. The molecule has 1 saturated heterocycles. The largest absolute Gasteiger partial charge is 0.367 e. The molecular formula is C24H23FN2O3S. The molecule has 0 spiro atoms. The summed E-state index contributed by atoms with van der Waals surface area (Å²) in [6.07, 6.45) is 0.415. The Morgan fingerprint density at radius 2 is 1.77 bits per heavy atom. The second-order valence-corrected chi connectivity index (χ2v) is 8.62. The topological polar surface area (TPSA) is 72.6 Å². The summed E-state index contributed by atoms with van der Waals surface area (Å²) < 4.78 is 19.0. The number of thiophene rings is 1. The average molecular weight is 439 g/mol. The first-order valence-corrected chi connectivity index (χ1v) is 10.9. The molecule has 0 aliphatic carbocycles. The highest BCUT2D eigenvalue weighted by Gasteiger charge is 2.43. The molecular weight excluding hydrogens is 415 g/mol. The Morgan fingerprint density at radius 1 is 1.06 bits per heavy atom. The first-order valence-electron chi connectivity index (χ1n) is 10.0. The van der Waals surface area contributed by atoms with Crippen LogP contribution in [0.5, 0.6) is 0 Å². The van der Waals surface area contributed by atoms with Crippen molar-refractivity contribution in [2.45, 2.75) is 18.4 Å². The fourth-order valence-electron chi connectivity index (χ4n) is 3.79. The van der Waals surface area contributed by atoms with Crippen molar-refractivity contribution in [3.63, 3.8) is 0 Å². The van der Waals surface area contributed by atoms with Crippen LogP contribution in [0.4, 0.5) is 4.39 Å². The number of hydrogen-bond acceptors (Lipinski definition) is 4. The second-order valence-electron chi connectivity index (χ2n) is 7.68. The van der Waals surface area contributed by atoms with E-state index in [2.05, 4.69) is 6.07 Å². The predicted molar refractivity (Wildman–Crippen MR) is 118 cm³/mol. The molecule has 0 radical (unpaired) electrons. The number of nitrogens with two attached hydrogens (primary N) is 1. The van der Waals surface area contributed by atoms with Crippen LogP contribution in [0.1, 0.15) is 11.1 Å². The maximum atomic E-state index is 13.1. The number of carbonyl (C=O) groups excluding carboxylic acids is 2. The van der Waals surface area contributed by atoms with Crippen LogP contribution in [0.25, 0.3) is 10.4 Å².